The van der Waals surface area contributed by atoms with E-state index in [1.807, 2.05) is 54.2 Å². The molecule has 256 valence electrons. The van der Waals surface area contributed by atoms with Crippen LogP contribution in [-0.2, 0) is 12.2 Å². The van der Waals surface area contributed by atoms with Crippen LogP contribution in [0.2, 0.25) is 0 Å². The van der Waals surface area contributed by atoms with Crippen molar-refractivity contribution in [2.24, 2.45) is 5.41 Å². The molecule has 1 unspecified atom stereocenters. The molecule has 7 heteroatoms. The smallest absolute Gasteiger partial charge is 0.252 e. The number of rotatable bonds is 18. The molecule has 1 N–H and O–H groups in total. The average molecular weight is 668 g/mol. The van der Waals surface area contributed by atoms with E-state index >= 15 is 0 Å². The molecule has 0 saturated carbocycles. The van der Waals surface area contributed by atoms with Crippen LogP contribution in [0.4, 0.5) is 0 Å². The summed E-state index contributed by atoms with van der Waals surface area (Å²) in [5.41, 5.74) is 6.74. The summed E-state index contributed by atoms with van der Waals surface area (Å²) in [7, 11) is 7.57. The number of methoxy groups -OCH3 is 2. The number of unbranched alkanes of at least 4 members (excludes halogenated alkanes) is 1. The zero-order chi connectivity index (χ0) is 34.7. The normalized spacial score (nSPS) is 12.2. The highest BCUT2D eigenvalue weighted by atomic mass is 32.2. The second-order valence-electron chi connectivity index (χ2n) is 13.7. The molecule has 0 aliphatic carbocycles. The predicted molar refractivity (Wildman–Crippen MR) is 203 cm³/mol. The van der Waals surface area contributed by atoms with E-state index in [4.69, 9.17) is 14.5 Å². The van der Waals surface area contributed by atoms with E-state index in [0.29, 0.717) is 5.56 Å². The molecule has 1 atom stereocenters. The lowest BCUT2D eigenvalue weighted by Crippen LogP contribution is -2.38. The van der Waals surface area contributed by atoms with Crippen LogP contribution < -0.4 is 14.8 Å². The fraction of sp³-hybridized carbons (Fsp3) is 0.415. The molecular formula is C41H53N3O3S. The van der Waals surface area contributed by atoms with Crippen LogP contribution in [0.15, 0.2) is 84.9 Å². The summed E-state index contributed by atoms with van der Waals surface area (Å²) in [6.45, 7) is 12.3. The van der Waals surface area contributed by atoms with Gasteiger partial charge in [0.25, 0.3) is 5.91 Å². The minimum absolute atomic E-state index is 0.103. The SMILES string of the molecule is C=C(CCC(C)(C)CN(C)C)C(CSCc1ccc(OC)cc1)NC(=O)c1cc(-c2ccc(OC)cc2)nc2ccc(CCCC)cc12. The molecule has 0 radical (unpaired) electrons. The van der Waals surface area contributed by atoms with Crippen LogP contribution in [0.25, 0.3) is 22.2 Å². The van der Waals surface area contributed by atoms with Gasteiger partial charge in [0.15, 0.2) is 0 Å². The van der Waals surface area contributed by atoms with Crippen molar-refractivity contribution < 1.29 is 14.3 Å². The maximum Gasteiger partial charge on any atom is 0.252 e. The highest BCUT2D eigenvalue weighted by Crippen LogP contribution is 2.30. The molecule has 4 rings (SSSR count). The van der Waals surface area contributed by atoms with Crippen LogP contribution in [0.5, 0.6) is 11.5 Å². The summed E-state index contributed by atoms with van der Waals surface area (Å²) < 4.78 is 10.7. The first-order valence-electron chi connectivity index (χ1n) is 16.9. The first kappa shape index (κ1) is 37.0. The number of hydrogen-bond acceptors (Lipinski definition) is 6. The topological polar surface area (TPSA) is 63.7 Å². The minimum atomic E-state index is -0.188. The predicted octanol–water partition coefficient (Wildman–Crippen LogP) is 9.22. The molecule has 1 amide bonds. The van der Waals surface area contributed by atoms with Crippen molar-refractivity contribution in [2.75, 3.05) is 40.6 Å². The number of ether oxygens (including phenoxy) is 2. The highest BCUT2D eigenvalue weighted by molar-refractivity contribution is 7.98. The van der Waals surface area contributed by atoms with Gasteiger partial charge in [0, 0.05) is 29.0 Å². The Bertz CT molecular complexity index is 1650. The van der Waals surface area contributed by atoms with Crippen molar-refractivity contribution in [3.63, 3.8) is 0 Å². The largest absolute Gasteiger partial charge is 0.497 e. The van der Waals surface area contributed by atoms with E-state index in [1.165, 1.54) is 11.1 Å². The van der Waals surface area contributed by atoms with Crippen molar-refractivity contribution in [1.82, 2.24) is 15.2 Å². The van der Waals surface area contributed by atoms with Gasteiger partial charge in [0.1, 0.15) is 11.5 Å². The van der Waals surface area contributed by atoms with Crippen molar-refractivity contribution in [3.8, 4) is 22.8 Å². The second kappa shape index (κ2) is 17.5. The van der Waals surface area contributed by atoms with E-state index in [0.717, 1.165) is 89.4 Å². The zero-order valence-electron chi connectivity index (χ0n) is 29.9. The Labute approximate surface area is 292 Å². The van der Waals surface area contributed by atoms with E-state index < -0.39 is 0 Å². The van der Waals surface area contributed by atoms with Crippen LogP contribution in [0.1, 0.15) is 67.9 Å². The Morgan fingerprint density at radius 3 is 2.23 bits per heavy atom. The van der Waals surface area contributed by atoms with Gasteiger partial charge in [-0.2, -0.15) is 11.8 Å². The summed E-state index contributed by atoms with van der Waals surface area (Å²) in [6, 6.07) is 24.1. The molecule has 0 aliphatic heterocycles. The lowest BCUT2D eigenvalue weighted by atomic mass is 9.85. The number of hydrogen-bond donors (Lipinski definition) is 1. The highest BCUT2D eigenvalue weighted by Gasteiger charge is 2.24. The number of nitrogens with zero attached hydrogens (tertiary/aromatic N) is 2. The van der Waals surface area contributed by atoms with Gasteiger partial charge in [-0.1, -0.05) is 57.5 Å². The van der Waals surface area contributed by atoms with E-state index in [-0.39, 0.29) is 17.4 Å². The first-order chi connectivity index (χ1) is 23.0. The zero-order valence-corrected chi connectivity index (χ0v) is 30.7. The van der Waals surface area contributed by atoms with Crippen LogP contribution in [0.3, 0.4) is 0 Å². The summed E-state index contributed by atoms with van der Waals surface area (Å²) in [5, 5.41) is 4.30. The number of pyridine rings is 1. The van der Waals surface area contributed by atoms with Crippen LogP contribution >= 0.6 is 11.8 Å². The molecule has 4 aromatic rings. The second-order valence-corrected chi connectivity index (χ2v) is 14.7. The Morgan fingerprint density at radius 1 is 0.958 bits per heavy atom. The fourth-order valence-corrected chi connectivity index (χ4v) is 7.13. The standard InChI is InChI=1S/C41H53N3O3S/c1-9-10-11-30-14-21-37-35(24-30)36(25-38(42-37)32-15-19-34(47-8)20-16-32)40(45)43-39(29(2)22-23-41(3,4)28-44(5)6)27-48-26-31-12-17-33(46-7)18-13-31/h12-21,24-25,39H,2,9-11,22-23,26-28H2,1,3-8H3,(H,43,45). The van der Waals surface area contributed by atoms with Crippen molar-refractivity contribution in [1.29, 1.82) is 0 Å². The number of nitrogens with one attached hydrogen (secondary N) is 1. The number of carbonyl (C=O) groups is 1. The van der Waals surface area contributed by atoms with E-state index in [2.05, 4.69) is 82.0 Å². The Hall–Kier alpha value is -3.81. The Morgan fingerprint density at radius 2 is 1.60 bits per heavy atom. The lowest BCUT2D eigenvalue weighted by molar-refractivity contribution is 0.0946. The number of amides is 1. The van der Waals surface area contributed by atoms with Gasteiger partial charge in [-0.25, -0.2) is 4.98 Å². The third-order valence-corrected chi connectivity index (χ3v) is 9.81. The van der Waals surface area contributed by atoms with E-state index in [9.17, 15) is 4.79 Å². The number of carbonyl (C=O) groups excluding carboxylic acids is 1. The number of fused-ring (bicyclic) bond motifs is 1. The molecule has 0 aliphatic rings. The maximum absolute atomic E-state index is 14.4. The minimum Gasteiger partial charge on any atom is -0.497 e. The molecule has 0 saturated heterocycles. The molecule has 3 aromatic carbocycles. The van der Waals surface area contributed by atoms with E-state index in [1.54, 1.807) is 14.2 Å². The van der Waals surface area contributed by atoms with Gasteiger partial charge < -0.3 is 19.7 Å². The van der Waals surface area contributed by atoms with Gasteiger partial charge in [-0.3, -0.25) is 4.79 Å². The van der Waals surface area contributed by atoms with Crippen LogP contribution in [0, 0.1) is 5.41 Å². The molecular weight excluding hydrogens is 615 g/mol. The molecule has 48 heavy (non-hydrogen) atoms. The number of benzene rings is 3. The molecule has 0 spiro atoms. The maximum atomic E-state index is 14.4. The number of aromatic nitrogens is 1. The molecule has 0 bridgehead atoms. The lowest BCUT2D eigenvalue weighted by Gasteiger charge is -2.30. The summed E-state index contributed by atoms with van der Waals surface area (Å²) in [5.74, 6) is 3.07. The van der Waals surface area contributed by atoms with Crippen molar-refractivity contribution >= 4 is 28.6 Å². The van der Waals surface area contributed by atoms with Gasteiger partial charge in [-0.15, -0.1) is 0 Å². The molecule has 1 heterocycles. The summed E-state index contributed by atoms with van der Waals surface area (Å²) in [6.07, 6.45) is 5.01. The summed E-state index contributed by atoms with van der Waals surface area (Å²) >= 11 is 1.81. The molecule has 6 nitrogen and oxygen atoms in total. The quantitative estimate of drug-likeness (QED) is 0.107. The molecule has 1 aromatic heterocycles. The monoisotopic (exact) mass is 667 g/mol. The Balaban J connectivity index is 1.64. The average Bonchev–Trinajstić information content (AvgIpc) is 3.08. The Kier molecular flexibility index (Phi) is 13.5. The van der Waals surface area contributed by atoms with Gasteiger partial charge in [0.05, 0.1) is 37.0 Å². The van der Waals surface area contributed by atoms with Crippen molar-refractivity contribution in [2.45, 2.75) is 64.7 Å². The van der Waals surface area contributed by atoms with Crippen molar-refractivity contribution in [3.05, 3.63) is 102 Å². The third-order valence-electron chi connectivity index (χ3n) is 8.70. The van der Waals surface area contributed by atoms with Crippen LogP contribution in [-0.4, -0.2) is 62.4 Å². The summed E-state index contributed by atoms with van der Waals surface area (Å²) in [4.78, 5) is 21.6. The number of aryl methyl sites for hydroxylation is 1. The first-order valence-corrected chi connectivity index (χ1v) is 18.1. The number of thioether (sulfide) groups is 1. The fourth-order valence-electron chi connectivity index (χ4n) is 6.03. The van der Waals surface area contributed by atoms with Gasteiger partial charge in [0.2, 0.25) is 0 Å². The van der Waals surface area contributed by atoms with Gasteiger partial charge >= 0.3 is 0 Å². The molecule has 0 fully saturated rings. The van der Waals surface area contributed by atoms with Gasteiger partial charge in [-0.05, 0) is 111 Å². The third kappa shape index (κ3) is 10.6.